The zero-order chi connectivity index (χ0) is 10.9. The average molecular weight is 209 g/mol. The van der Waals surface area contributed by atoms with Crippen LogP contribution in [0.2, 0.25) is 0 Å². The Labute approximate surface area is 91.1 Å². The number of aromatic hydroxyl groups is 1. The quantitative estimate of drug-likeness (QED) is 0.536. The van der Waals surface area contributed by atoms with Crippen LogP contribution in [-0.4, -0.2) is 24.9 Å². The molecule has 0 amide bonds. The van der Waals surface area contributed by atoms with Crippen molar-refractivity contribution in [2.75, 3.05) is 25.1 Å². The van der Waals surface area contributed by atoms with Gasteiger partial charge in [-0.05, 0) is 37.1 Å². The molecule has 0 radical (unpaired) electrons. The molecule has 1 aromatic rings. The summed E-state index contributed by atoms with van der Waals surface area (Å²) < 4.78 is 5.36. The minimum atomic E-state index is 0.298. The van der Waals surface area contributed by atoms with Gasteiger partial charge in [0.1, 0.15) is 5.75 Å². The lowest BCUT2D eigenvalue weighted by molar-refractivity contribution is 0.134. The summed E-state index contributed by atoms with van der Waals surface area (Å²) in [7, 11) is 0. The summed E-state index contributed by atoms with van der Waals surface area (Å²) in [6.45, 7) is 4.65. The lowest BCUT2D eigenvalue weighted by Crippen LogP contribution is -2.05. The number of ether oxygens (including phenoxy) is 1. The Morgan fingerprint density at radius 2 is 1.93 bits per heavy atom. The molecule has 2 N–H and O–H groups in total. The zero-order valence-electron chi connectivity index (χ0n) is 9.20. The van der Waals surface area contributed by atoms with E-state index in [4.69, 9.17) is 9.84 Å². The van der Waals surface area contributed by atoms with Crippen LogP contribution in [0.15, 0.2) is 24.3 Å². The van der Waals surface area contributed by atoms with Crippen LogP contribution in [0.1, 0.15) is 19.8 Å². The molecule has 0 saturated carbocycles. The fraction of sp³-hybridized carbons (Fsp3) is 0.500. The molecule has 0 aliphatic heterocycles. The molecule has 0 saturated heterocycles. The number of anilines is 1. The van der Waals surface area contributed by atoms with Crippen LogP contribution in [0.3, 0.4) is 0 Å². The van der Waals surface area contributed by atoms with Gasteiger partial charge in [-0.15, -0.1) is 0 Å². The molecule has 0 unspecified atom stereocenters. The number of phenols is 1. The highest BCUT2D eigenvalue weighted by Gasteiger charge is 1.92. The van der Waals surface area contributed by atoms with Gasteiger partial charge >= 0.3 is 0 Å². The highest BCUT2D eigenvalue weighted by molar-refractivity contribution is 5.45. The van der Waals surface area contributed by atoms with Crippen molar-refractivity contribution in [2.24, 2.45) is 0 Å². The van der Waals surface area contributed by atoms with E-state index in [0.717, 1.165) is 38.3 Å². The molecule has 0 aliphatic carbocycles. The summed E-state index contributed by atoms with van der Waals surface area (Å²) in [4.78, 5) is 0. The molecule has 84 valence electrons. The van der Waals surface area contributed by atoms with Crippen LogP contribution in [-0.2, 0) is 4.74 Å². The van der Waals surface area contributed by atoms with E-state index in [1.807, 2.05) is 12.1 Å². The van der Waals surface area contributed by atoms with Gasteiger partial charge in [0.25, 0.3) is 0 Å². The lowest BCUT2D eigenvalue weighted by atomic mass is 10.3. The van der Waals surface area contributed by atoms with Crippen molar-refractivity contribution in [1.82, 2.24) is 0 Å². The first-order valence-corrected chi connectivity index (χ1v) is 5.43. The second kappa shape index (κ2) is 7.12. The number of benzene rings is 1. The second-order valence-corrected chi connectivity index (χ2v) is 3.44. The monoisotopic (exact) mass is 209 g/mol. The molecule has 1 aromatic carbocycles. The van der Waals surface area contributed by atoms with Gasteiger partial charge in [-0.25, -0.2) is 0 Å². The minimum Gasteiger partial charge on any atom is -0.508 e. The van der Waals surface area contributed by atoms with E-state index in [0.29, 0.717) is 5.75 Å². The van der Waals surface area contributed by atoms with Gasteiger partial charge in [0.2, 0.25) is 0 Å². The van der Waals surface area contributed by atoms with Gasteiger partial charge in [0.05, 0.1) is 0 Å². The number of rotatable bonds is 7. The van der Waals surface area contributed by atoms with Gasteiger partial charge < -0.3 is 15.2 Å². The maximum absolute atomic E-state index is 9.08. The molecule has 1 rings (SSSR count). The van der Waals surface area contributed by atoms with Gasteiger partial charge in [-0.1, -0.05) is 6.92 Å². The normalized spacial score (nSPS) is 10.2. The first kappa shape index (κ1) is 11.9. The van der Waals surface area contributed by atoms with Gasteiger partial charge in [0, 0.05) is 25.4 Å². The highest BCUT2D eigenvalue weighted by Crippen LogP contribution is 2.13. The van der Waals surface area contributed by atoms with Crippen molar-refractivity contribution < 1.29 is 9.84 Å². The van der Waals surface area contributed by atoms with Crippen LogP contribution in [0.25, 0.3) is 0 Å². The number of nitrogens with one attached hydrogen (secondary N) is 1. The van der Waals surface area contributed by atoms with Crippen molar-refractivity contribution in [2.45, 2.75) is 19.8 Å². The summed E-state index contributed by atoms with van der Waals surface area (Å²) in [5.41, 5.74) is 1.03. The van der Waals surface area contributed by atoms with E-state index in [1.54, 1.807) is 12.1 Å². The number of hydrogen-bond acceptors (Lipinski definition) is 3. The Balaban J connectivity index is 2.07. The Bertz CT molecular complexity index is 259. The van der Waals surface area contributed by atoms with Crippen molar-refractivity contribution in [3.8, 4) is 5.75 Å². The predicted octanol–water partition coefficient (Wildman–Crippen LogP) is 2.62. The Morgan fingerprint density at radius 1 is 1.20 bits per heavy atom. The third-order valence-corrected chi connectivity index (χ3v) is 2.01. The van der Waals surface area contributed by atoms with E-state index >= 15 is 0 Å². The molecule has 0 aliphatic rings. The zero-order valence-corrected chi connectivity index (χ0v) is 9.20. The molecular formula is C12H19NO2. The van der Waals surface area contributed by atoms with Gasteiger partial charge in [-0.2, -0.15) is 0 Å². The van der Waals surface area contributed by atoms with E-state index in [2.05, 4.69) is 12.2 Å². The molecule has 3 nitrogen and oxygen atoms in total. The number of phenolic OH excluding ortho intramolecular Hbond substituents is 1. The first-order chi connectivity index (χ1) is 7.33. The smallest absolute Gasteiger partial charge is 0.115 e. The average Bonchev–Trinajstić information content (AvgIpc) is 2.26. The van der Waals surface area contributed by atoms with E-state index < -0.39 is 0 Å². The first-order valence-electron chi connectivity index (χ1n) is 5.43. The standard InChI is InChI=1S/C12H19NO2/c1-2-9-15-10-3-8-13-11-4-6-12(14)7-5-11/h4-7,13-14H,2-3,8-10H2,1H3. The highest BCUT2D eigenvalue weighted by atomic mass is 16.5. The fourth-order valence-electron chi connectivity index (χ4n) is 1.23. The van der Waals surface area contributed by atoms with E-state index in [-0.39, 0.29) is 0 Å². The summed E-state index contributed by atoms with van der Waals surface area (Å²) in [6.07, 6.45) is 2.08. The van der Waals surface area contributed by atoms with Gasteiger partial charge in [0.15, 0.2) is 0 Å². The maximum Gasteiger partial charge on any atom is 0.115 e. The van der Waals surface area contributed by atoms with Crippen LogP contribution in [0.5, 0.6) is 5.75 Å². The van der Waals surface area contributed by atoms with Crippen LogP contribution >= 0.6 is 0 Å². The SMILES string of the molecule is CCCOCCCNc1ccc(O)cc1. The fourth-order valence-corrected chi connectivity index (χ4v) is 1.23. The molecule has 0 bridgehead atoms. The molecule has 0 heterocycles. The second-order valence-electron chi connectivity index (χ2n) is 3.44. The summed E-state index contributed by atoms with van der Waals surface area (Å²) in [5.74, 6) is 0.298. The Kier molecular flexibility index (Phi) is 5.63. The van der Waals surface area contributed by atoms with Crippen molar-refractivity contribution in [1.29, 1.82) is 0 Å². The van der Waals surface area contributed by atoms with Crippen LogP contribution in [0.4, 0.5) is 5.69 Å². The Morgan fingerprint density at radius 3 is 2.60 bits per heavy atom. The number of hydrogen-bond donors (Lipinski definition) is 2. The van der Waals surface area contributed by atoms with Crippen molar-refractivity contribution in [3.63, 3.8) is 0 Å². The van der Waals surface area contributed by atoms with Crippen LogP contribution in [0, 0.1) is 0 Å². The largest absolute Gasteiger partial charge is 0.508 e. The molecule has 3 heteroatoms. The third-order valence-electron chi connectivity index (χ3n) is 2.01. The predicted molar refractivity (Wildman–Crippen MR) is 62.3 cm³/mol. The van der Waals surface area contributed by atoms with Crippen molar-refractivity contribution in [3.05, 3.63) is 24.3 Å². The summed E-state index contributed by atoms with van der Waals surface area (Å²) in [5, 5.41) is 12.3. The topological polar surface area (TPSA) is 41.5 Å². The molecular weight excluding hydrogens is 190 g/mol. The van der Waals surface area contributed by atoms with Crippen LogP contribution < -0.4 is 5.32 Å². The summed E-state index contributed by atoms with van der Waals surface area (Å²) >= 11 is 0. The summed E-state index contributed by atoms with van der Waals surface area (Å²) in [6, 6.07) is 7.08. The molecule has 15 heavy (non-hydrogen) atoms. The maximum atomic E-state index is 9.08. The molecule has 0 aromatic heterocycles. The van der Waals surface area contributed by atoms with Gasteiger partial charge in [-0.3, -0.25) is 0 Å². The minimum absolute atomic E-state index is 0.298. The molecule has 0 atom stereocenters. The Hall–Kier alpha value is -1.22. The molecule has 0 spiro atoms. The van der Waals surface area contributed by atoms with E-state index in [9.17, 15) is 0 Å². The molecule has 0 fully saturated rings. The van der Waals surface area contributed by atoms with E-state index in [1.165, 1.54) is 0 Å². The lowest BCUT2D eigenvalue weighted by Gasteiger charge is -2.06. The van der Waals surface area contributed by atoms with Crippen molar-refractivity contribution >= 4 is 5.69 Å². The third kappa shape index (κ3) is 5.27.